The zero-order chi connectivity index (χ0) is 17.3. The molecule has 1 fully saturated rings. The molecule has 0 spiro atoms. The number of fused-ring (bicyclic) bond motifs is 1. The number of nitrogens with zero attached hydrogens (tertiary/aromatic N) is 4. The van der Waals surface area contributed by atoms with Crippen molar-refractivity contribution in [2.45, 2.75) is 12.6 Å². The zero-order valence-electron chi connectivity index (χ0n) is 13.7. The van der Waals surface area contributed by atoms with Crippen LogP contribution in [0.3, 0.4) is 0 Å². The Bertz CT molecular complexity index is 757. The van der Waals surface area contributed by atoms with Crippen LogP contribution >= 0.6 is 11.8 Å². The molecule has 3 rings (SSSR count). The van der Waals surface area contributed by atoms with Gasteiger partial charge in [0.15, 0.2) is 0 Å². The number of amidine groups is 2. The molecule has 2 aliphatic heterocycles. The summed E-state index contributed by atoms with van der Waals surface area (Å²) in [6.45, 7) is 4.29. The lowest BCUT2D eigenvalue weighted by molar-refractivity contribution is -0.548. The molecule has 2 aliphatic rings. The predicted octanol–water partition coefficient (Wildman–Crippen LogP) is 1.78. The van der Waals surface area contributed by atoms with E-state index in [0.717, 1.165) is 15.6 Å². The maximum Gasteiger partial charge on any atom is 0.358 e. The van der Waals surface area contributed by atoms with Crippen LogP contribution in [0.4, 0.5) is 4.79 Å². The van der Waals surface area contributed by atoms with Crippen molar-refractivity contribution >= 4 is 34.7 Å². The maximum atomic E-state index is 12.7. The van der Waals surface area contributed by atoms with Crippen LogP contribution in [-0.2, 0) is 11.3 Å². The highest BCUT2D eigenvalue weighted by Crippen LogP contribution is 2.24. The van der Waals surface area contributed by atoms with Crippen LogP contribution in [0.1, 0.15) is 5.56 Å². The summed E-state index contributed by atoms with van der Waals surface area (Å²) >= 11 is 1.51. The van der Waals surface area contributed by atoms with Crippen molar-refractivity contribution in [3.05, 3.63) is 48.6 Å². The van der Waals surface area contributed by atoms with Crippen LogP contribution in [0.15, 0.2) is 48.0 Å². The fourth-order valence-electron chi connectivity index (χ4n) is 2.76. The van der Waals surface area contributed by atoms with Gasteiger partial charge in [-0.2, -0.15) is 0 Å². The molecule has 6 nitrogen and oxygen atoms in total. The minimum atomic E-state index is -0.565. The molecule has 1 aromatic carbocycles. The largest absolute Gasteiger partial charge is 0.358 e. The van der Waals surface area contributed by atoms with Crippen LogP contribution in [0, 0.1) is 0 Å². The van der Waals surface area contributed by atoms with E-state index in [2.05, 4.69) is 11.6 Å². The molecular formula is C17H19N4O2S+. The Labute approximate surface area is 145 Å². The van der Waals surface area contributed by atoms with E-state index in [1.165, 1.54) is 23.7 Å². The number of benzene rings is 1. The summed E-state index contributed by atoms with van der Waals surface area (Å²) in [6.07, 6.45) is 1.79. The topological polar surface area (TPSA) is 56.0 Å². The predicted molar refractivity (Wildman–Crippen MR) is 95.2 cm³/mol. The van der Waals surface area contributed by atoms with E-state index in [9.17, 15) is 9.59 Å². The summed E-state index contributed by atoms with van der Waals surface area (Å²) in [7, 11) is 3.16. The smallest absolute Gasteiger partial charge is 0.269 e. The van der Waals surface area contributed by atoms with Crippen LogP contribution in [0.25, 0.3) is 0 Å². The van der Waals surface area contributed by atoms with Crippen LogP contribution < -0.4 is 0 Å². The van der Waals surface area contributed by atoms with Crippen molar-refractivity contribution < 1.29 is 14.2 Å². The second-order valence-corrected chi connectivity index (χ2v) is 6.59. The summed E-state index contributed by atoms with van der Waals surface area (Å²) in [5, 5.41) is 0.738. The molecule has 7 heteroatoms. The Morgan fingerprint density at radius 2 is 1.96 bits per heavy atom. The van der Waals surface area contributed by atoms with Crippen molar-refractivity contribution in [2.75, 3.05) is 19.8 Å². The number of rotatable bonds is 4. The standard InChI is InChI=1S/C17H19N4O2S/c1-4-10-24-16-18-14-13(15(22)20(3)17(23)19(14)2)21(16)11-12-8-6-5-7-9-12/h4-9,13H,1,10-11H2,2-3H3/q+1. The molecule has 0 radical (unpaired) electrons. The van der Waals surface area contributed by atoms with Crippen molar-refractivity contribution in [3.8, 4) is 0 Å². The lowest BCUT2D eigenvalue weighted by Gasteiger charge is -2.30. The molecule has 1 atom stereocenters. The van der Waals surface area contributed by atoms with E-state index in [4.69, 9.17) is 0 Å². The molecule has 1 saturated heterocycles. The number of likely N-dealkylation sites (N-methyl/N-ethyl adjacent to an activating group) is 2. The number of carbonyl (C=O) groups excluding carboxylic acids is 2. The Balaban J connectivity index is 2.00. The third-order valence-electron chi connectivity index (χ3n) is 4.02. The van der Waals surface area contributed by atoms with Gasteiger partial charge in [0.05, 0.1) is 0 Å². The van der Waals surface area contributed by atoms with Gasteiger partial charge < -0.3 is 0 Å². The molecule has 2 heterocycles. The van der Waals surface area contributed by atoms with Gasteiger partial charge in [0, 0.05) is 19.8 Å². The highest BCUT2D eigenvalue weighted by Gasteiger charge is 2.53. The van der Waals surface area contributed by atoms with Crippen LogP contribution in [-0.4, -0.2) is 63.2 Å². The average Bonchev–Trinajstić information content (AvgIpc) is 2.95. The number of urea groups is 1. The number of hydrogen-bond donors (Lipinski definition) is 0. The zero-order valence-corrected chi connectivity index (χ0v) is 14.5. The number of aliphatic imine (C=N–C) groups is 1. The van der Waals surface area contributed by atoms with E-state index in [1.54, 1.807) is 13.1 Å². The lowest BCUT2D eigenvalue weighted by Crippen LogP contribution is -2.61. The molecule has 0 bridgehead atoms. The molecule has 24 heavy (non-hydrogen) atoms. The van der Waals surface area contributed by atoms with Gasteiger partial charge in [-0.25, -0.2) is 9.37 Å². The molecule has 0 N–H and O–H groups in total. The fraction of sp³-hybridized carbons (Fsp3) is 0.294. The maximum absolute atomic E-state index is 12.7. The first-order valence-corrected chi connectivity index (χ1v) is 8.58. The van der Waals surface area contributed by atoms with Gasteiger partial charge in [0.25, 0.3) is 17.8 Å². The van der Waals surface area contributed by atoms with E-state index in [0.29, 0.717) is 18.1 Å². The summed E-state index contributed by atoms with van der Waals surface area (Å²) < 4.78 is 1.96. The normalized spacial score (nSPS) is 20.4. The molecule has 0 saturated carbocycles. The number of carbonyl (C=O) groups is 2. The highest BCUT2D eigenvalue weighted by atomic mass is 32.2. The second kappa shape index (κ2) is 6.60. The van der Waals surface area contributed by atoms with E-state index >= 15 is 0 Å². The van der Waals surface area contributed by atoms with E-state index in [-0.39, 0.29) is 11.9 Å². The van der Waals surface area contributed by atoms with Gasteiger partial charge in [-0.15, -0.1) is 6.58 Å². The third-order valence-corrected chi connectivity index (χ3v) is 5.01. The lowest BCUT2D eigenvalue weighted by atomic mass is 10.1. The summed E-state index contributed by atoms with van der Waals surface area (Å²) in [4.78, 5) is 32.0. The number of hydrogen-bond acceptors (Lipinski definition) is 4. The van der Waals surface area contributed by atoms with Gasteiger partial charge in [-0.3, -0.25) is 14.6 Å². The fourth-order valence-corrected chi connectivity index (χ4v) is 3.52. The first-order chi connectivity index (χ1) is 11.5. The van der Waals surface area contributed by atoms with Gasteiger partial charge in [0.1, 0.15) is 6.54 Å². The van der Waals surface area contributed by atoms with E-state index < -0.39 is 6.04 Å². The molecule has 124 valence electrons. The highest BCUT2D eigenvalue weighted by molar-refractivity contribution is 8.13. The first-order valence-electron chi connectivity index (χ1n) is 7.59. The molecule has 0 aliphatic carbocycles. The minimum Gasteiger partial charge on any atom is -0.269 e. The van der Waals surface area contributed by atoms with Gasteiger partial charge in [0.2, 0.25) is 0 Å². The average molecular weight is 343 g/mol. The number of thioether (sulfide) groups is 1. The first kappa shape index (κ1) is 16.4. The van der Waals surface area contributed by atoms with Crippen molar-refractivity contribution in [2.24, 2.45) is 4.99 Å². The Kier molecular flexibility index (Phi) is 4.53. The monoisotopic (exact) mass is 343 g/mol. The SMILES string of the molecule is C=CCSC1=[N+](Cc2ccccc2)C2C(=O)N(C)C(=O)N(C)C2=N1. The van der Waals surface area contributed by atoms with Crippen molar-refractivity contribution in [1.82, 2.24) is 9.80 Å². The number of imide groups is 1. The van der Waals surface area contributed by atoms with Crippen molar-refractivity contribution in [3.63, 3.8) is 0 Å². The Morgan fingerprint density at radius 1 is 1.25 bits per heavy atom. The molecule has 1 aromatic rings. The van der Waals surface area contributed by atoms with Crippen molar-refractivity contribution in [1.29, 1.82) is 0 Å². The molecule has 3 amide bonds. The second-order valence-electron chi connectivity index (χ2n) is 5.61. The van der Waals surface area contributed by atoms with Gasteiger partial charge in [-0.1, -0.05) is 36.4 Å². The van der Waals surface area contributed by atoms with E-state index in [1.807, 2.05) is 34.9 Å². The van der Waals surface area contributed by atoms with Crippen LogP contribution in [0.2, 0.25) is 0 Å². The molecule has 1 unspecified atom stereocenters. The Hall–Kier alpha value is -2.41. The van der Waals surface area contributed by atoms with Gasteiger partial charge in [-0.05, 0) is 22.3 Å². The summed E-state index contributed by atoms with van der Waals surface area (Å²) in [6, 6.07) is 9.00. The number of amides is 3. The summed E-state index contributed by atoms with van der Waals surface area (Å²) in [5.74, 6) is 0.929. The Morgan fingerprint density at radius 3 is 2.62 bits per heavy atom. The van der Waals surface area contributed by atoms with Gasteiger partial charge >= 0.3 is 11.2 Å². The minimum absolute atomic E-state index is 0.248. The van der Waals surface area contributed by atoms with Crippen LogP contribution in [0.5, 0.6) is 0 Å². The summed E-state index contributed by atoms with van der Waals surface area (Å²) in [5.41, 5.74) is 1.08. The third kappa shape index (κ3) is 2.75. The molecule has 0 aromatic heterocycles. The quantitative estimate of drug-likeness (QED) is 0.618. The molecular weight excluding hydrogens is 324 g/mol.